The highest BCUT2D eigenvalue weighted by molar-refractivity contribution is 5.82. The van der Waals surface area contributed by atoms with Crippen LogP contribution in [0.2, 0.25) is 0 Å². The zero-order valence-electron chi connectivity index (χ0n) is 8.91. The van der Waals surface area contributed by atoms with Crippen LogP contribution in [0.15, 0.2) is 11.6 Å². The number of esters is 1. The van der Waals surface area contributed by atoms with Gasteiger partial charge in [-0.2, -0.15) is 0 Å². The first-order valence-electron chi connectivity index (χ1n) is 5.15. The van der Waals surface area contributed by atoms with Gasteiger partial charge in [0.1, 0.15) is 0 Å². The Morgan fingerprint density at radius 2 is 2.14 bits per heavy atom. The van der Waals surface area contributed by atoms with Crippen LogP contribution in [0, 0.1) is 0 Å². The minimum atomic E-state index is -0.210. The third-order valence-corrected chi connectivity index (χ3v) is 2.52. The van der Waals surface area contributed by atoms with Crippen molar-refractivity contribution in [2.45, 2.75) is 38.7 Å². The van der Waals surface area contributed by atoms with Crippen LogP contribution in [-0.4, -0.2) is 25.8 Å². The highest BCUT2D eigenvalue weighted by atomic mass is 16.5. The van der Waals surface area contributed by atoms with Gasteiger partial charge in [-0.25, -0.2) is 4.79 Å². The van der Waals surface area contributed by atoms with Gasteiger partial charge >= 0.3 is 5.97 Å². The first kappa shape index (κ1) is 11.2. The molecule has 0 heterocycles. The maximum Gasteiger partial charge on any atom is 0.330 e. The molecule has 0 aromatic rings. The minimum Gasteiger partial charge on any atom is -0.463 e. The minimum absolute atomic E-state index is 0.210. The highest BCUT2D eigenvalue weighted by Gasteiger charge is 2.16. The predicted octanol–water partition coefficient (Wildman–Crippen LogP) is 2.06. The first-order valence-corrected chi connectivity index (χ1v) is 5.15. The Labute approximate surface area is 85.1 Å². The van der Waals surface area contributed by atoms with E-state index in [0.29, 0.717) is 12.7 Å². The third-order valence-electron chi connectivity index (χ3n) is 2.52. The van der Waals surface area contributed by atoms with Crippen LogP contribution >= 0.6 is 0 Å². The molecular formula is C11H18O3. The number of hydrogen-bond donors (Lipinski definition) is 0. The quantitative estimate of drug-likeness (QED) is 0.514. The Hall–Kier alpha value is -0.830. The fraction of sp³-hybridized carbons (Fsp3) is 0.727. The van der Waals surface area contributed by atoms with Crippen molar-refractivity contribution in [2.24, 2.45) is 0 Å². The molecule has 0 atom stereocenters. The zero-order chi connectivity index (χ0) is 10.4. The van der Waals surface area contributed by atoms with Crippen LogP contribution in [0.5, 0.6) is 0 Å². The number of rotatable bonds is 3. The van der Waals surface area contributed by atoms with Gasteiger partial charge in [0, 0.05) is 13.2 Å². The van der Waals surface area contributed by atoms with Crippen molar-refractivity contribution >= 4 is 5.97 Å². The molecule has 1 aliphatic rings. The SMILES string of the molecule is CCOC(=O)C=C1CCC(OC)CC1. The lowest BCUT2D eigenvalue weighted by molar-refractivity contribution is -0.137. The zero-order valence-corrected chi connectivity index (χ0v) is 8.91. The van der Waals surface area contributed by atoms with Crippen LogP contribution < -0.4 is 0 Å². The van der Waals surface area contributed by atoms with Gasteiger partial charge in [0.2, 0.25) is 0 Å². The second-order valence-electron chi connectivity index (χ2n) is 3.49. The summed E-state index contributed by atoms with van der Waals surface area (Å²) >= 11 is 0. The van der Waals surface area contributed by atoms with Crippen LogP contribution in [0.25, 0.3) is 0 Å². The van der Waals surface area contributed by atoms with Crippen LogP contribution in [0.4, 0.5) is 0 Å². The molecule has 0 spiro atoms. The van der Waals surface area contributed by atoms with Crippen molar-refractivity contribution < 1.29 is 14.3 Å². The second kappa shape index (κ2) is 5.81. The van der Waals surface area contributed by atoms with Crippen LogP contribution in [-0.2, 0) is 14.3 Å². The standard InChI is InChI=1S/C11H18O3/c1-3-14-11(12)8-9-4-6-10(13-2)7-5-9/h8,10H,3-7H2,1-2H3. The summed E-state index contributed by atoms with van der Waals surface area (Å²) in [6.45, 7) is 2.27. The molecule has 14 heavy (non-hydrogen) atoms. The average molecular weight is 198 g/mol. The van der Waals surface area contributed by atoms with Gasteiger partial charge in [0.05, 0.1) is 12.7 Å². The summed E-state index contributed by atoms with van der Waals surface area (Å²) in [6, 6.07) is 0. The van der Waals surface area contributed by atoms with Gasteiger partial charge in [-0.05, 0) is 32.6 Å². The number of carbonyl (C=O) groups is 1. The second-order valence-corrected chi connectivity index (χ2v) is 3.49. The lowest BCUT2D eigenvalue weighted by Gasteiger charge is -2.22. The number of allylic oxidation sites excluding steroid dienone is 1. The topological polar surface area (TPSA) is 35.5 Å². The fourth-order valence-electron chi connectivity index (χ4n) is 1.69. The van der Waals surface area contributed by atoms with E-state index in [0.717, 1.165) is 25.7 Å². The molecule has 3 heteroatoms. The number of methoxy groups -OCH3 is 1. The van der Waals surface area contributed by atoms with Crippen molar-refractivity contribution in [1.82, 2.24) is 0 Å². The molecule has 0 radical (unpaired) electrons. The van der Waals surface area contributed by atoms with E-state index >= 15 is 0 Å². The van der Waals surface area contributed by atoms with E-state index in [1.807, 2.05) is 6.92 Å². The number of ether oxygens (including phenoxy) is 2. The van der Waals surface area contributed by atoms with E-state index in [9.17, 15) is 4.79 Å². The number of carbonyl (C=O) groups excluding carboxylic acids is 1. The van der Waals surface area contributed by atoms with Gasteiger partial charge in [0.25, 0.3) is 0 Å². The van der Waals surface area contributed by atoms with Gasteiger partial charge in [-0.3, -0.25) is 0 Å². The molecule has 3 nitrogen and oxygen atoms in total. The summed E-state index contributed by atoms with van der Waals surface area (Å²) in [4.78, 5) is 11.1. The summed E-state index contributed by atoms with van der Waals surface area (Å²) < 4.78 is 10.1. The number of hydrogen-bond acceptors (Lipinski definition) is 3. The monoisotopic (exact) mass is 198 g/mol. The first-order chi connectivity index (χ1) is 6.76. The summed E-state index contributed by atoms with van der Waals surface area (Å²) in [5.74, 6) is -0.210. The molecule has 1 rings (SSSR count). The fourth-order valence-corrected chi connectivity index (χ4v) is 1.69. The molecule has 0 amide bonds. The van der Waals surface area contributed by atoms with E-state index in [1.165, 1.54) is 5.57 Å². The Morgan fingerprint density at radius 3 is 2.64 bits per heavy atom. The summed E-state index contributed by atoms with van der Waals surface area (Å²) in [5, 5.41) is 0. The Kier molecular flexibility index (Phi) is 4.66. The normalized spacial score (nSPS) is 21.9. The molecule has 0 saturated heterocycles. The van der Waals surface area contributed by atoms with Gasteiger partial charge < -0.3 is 9.47 Å². The van der Waals surface area contributed by atoms with Crippen molar-refractivity contribution in [2.75, 3.05) is 13.7 Å². The van der Waals surface area contributed by atoms with Gasteiger partial charge in [-0.15, -0.1) is 0 Å². The molecule has 0 aliphatic heterocycles. The van der Waals surface area contributed by atoms with Crippen molar-refractivity contribution in [3.63, 3.8) is 0 Å². The van der Waals surface area contributed by atoms with Gasteiger partial charge in [-0.1, -0.05) is 5.57 Å². The van der Waals surface area contributed by atoms with E-state index in [4.69, 9.17) is 9.47 Å². The Balaban J connectivity index is 2.36. The van der Waals surface area contributed by atoms with E-state index in [1.54, 1.807) is 13.2 Å². The average Bonchev–Trinajstić information content (AvgIpc) is 2.19. The van der Waals surface area contributed by atoms with Gasteiger partial charge in [0.15, 0.2) is 0 Å². The molecular weight excluding hydrogens is 180 g/mol. The maximum absolute atomic E-state index is 11.1. The summed E-state index contributed by atoms with van der Waals surface area (Å²) in [5.41, 5.74) is 1.19. The van der Waals surface area contributed by atoms with Crippen LogP contribution in [0.1, 0.15) is 32.6 Å². The maximum atomic E-state index is 11.1. The van der Waals surface area contributed by atoms with Crippen molar-refractivity contribution in [3.05, 3.63) is 11.6 Å². The lowest BCUT2D eigenvalue weighted by atomic mass is 9.92. The molecule has 80 valence electrons. The van der Waals surface area contributed by atoms with E-state index < -0.39 is 0 Å². The van der Waals surface area contributed by atoms with Crippen LogP contribution in [0.3, 0.4) is 0 Å². The third kappa shape index (κ3) is 3.50. The molecule has 0 aromatic carbocycles. The molecule has 0 bridgehead atoms. The molecule has 1 saturated carbocycles. The Bertz CT molecular complexity index is 211. The summed E-state index contributed by atoms with van der Waals surface area (Å²) in [6.07, 6.45) is 5.95. The summed E-state index contributed by atoms with van der Waals surface area (Å²) in [7, 11) is 1.74. The van der Waals surface area contributed by atoms with E-state index in [2.05, 4.69) is 0 Å². The lowest BCUT2D eigenvalue weighted by Crippen LogP contribution is -2.16. The molecule has 1 fully saturated rings. The highest BCUT2D eigenvalue weighted by Crippen LogP contribution is 2.24. The predicted molar refractivity (Wildman–Crippen MR) is 54.0 cm³/mol. The molecule has 0 N–H and O–H groups in total. The van der Waals surface area contributed by atoms with E-state index in [-0.39, 0.29) is 5.97 Å². The largest absolute Gasteiger partial charge is 0.463 e. The molecule has 0 unspecified atom stereocenters. The van der Waals surface area contributed by atoms with Crippen molar-refractivity contribution in [1.29, 1.82) is 0 Å². The Morgan fingerprint density at radius 1 is 1.50 bits per heavy atom. The smallest absolute Gasteiger partial charge is 0.330 e. The molecule has 1 aliphatic carbocycles. The van der Waals surface area contributed by atoms with Crippen molar-refractivity contribution in [3.8, 4) is 0 Å². The molecule has 0 aromatic heterocycles.